The summed E-state index contributed by atoms with van der Waals surface area (Å²) in [6.07, 6.45) is 0.143. The molecule has 1 heterocycles. The molecule has 0 radical (unpaired) electrons. The van der Waals surface area contributed by atoms with Crippen molar-refractivity contribution in [2.75, 3.05) is 39.8 Å². The zero-order chi connectivity index (χ0) is 15.4. The van der Waals surface area contributed by atoms with E-state index in [9.17, 15) is 5.11 Å². The van der Waals surface area contributed by atoms with Gasteiger partial charge in [0.2, 0.25) is 0 Å². The molecule has 2 rings (SSSR count). The number of hydrogen-bond acceptors (Lipinski definition) is 4. The Kier molecular flexibility index (Phi) is 5.88. The van der Waals surface area contributed by atoms with E-state index in [4.69, 9.17) is 16.3 Å². The van der Waals surface area contributed by atoms with Crippen molar-refractivity contribution >= 4 is 11.6 Å². The summed E-state index contributed by atoms with van der Waals surface area (Å²) in [6, 6.07) is 1.90. The molecule has 1 atom stereocenters. The lowest BCUT2D eigenvalue weighted by molar-refractivity contribution is 0.133. The first kappa shape index (κ1) is 16.6. The maximum Gasteiger partial charge on any atom is 0.125 e. The fourth-order valence-corrected chi connectivity index (χ4v) is 3.06. The van der Waals surface area contributed by atoms with E-state index >= 15 is 0 Å². The maximum absolute atomic E-state index is 10.6. The maximum atomic E-state index is 10.6. The highest BCUT2D eigenvalue weighted by molar-refractivity contribution is 6.32. The van der Waals surface area contributed by atoms with E-state index in [1.807, 2.05) is 19.9 Å². The summed E-state index contributed by atoms with van der Waals surface area (Å²) in [5, 5.41) is 14.6. The minimum Gasteiger partial charge on any atom is -0.496 e. The molecule has 1 fully saturated rings. The van der Waals surface area contributed by atoms with Gasteiger partial charge in [-0.3, -0.25) is 0 Å². The number of rotatable bonds is 5. The van der Waals surface area contributed by atoms with Crippen molar-refractivity contribution in [3.05, 3.63) is 27.8 Å². The van der Waals surface area contributed by atoms with Gasteiger partial charge in [0.25, 0.3) is 0 Å². The molecule has 1 aliphatic heterocycles. The molecule has 1 aromatic carbocycles. The van der Waals surface area contributed by atoms with Crippen LogP contribution in [0.15, 0.2) is 6.07 Å². The van der Waals surface area contributed by atoms with E-state index in [1.54, 1.807) is 7.11 Å². The first-order valence-corrected chi connectivity index (χ1v) is 7.87. The Hall–Kier alpha value is -0.810. The van der Waals surface area contributed by atoms with Crippen LogP contribution in [0.2, 0.25) is 5.02 Å². The Balaban J connectivity index is 2.10. The lowest BCUT2D eigenvalue weighted by Gasteiger charge is -2.28. The van der Waals surface area contributed by atoms with Crippen LogP contribution in [0.1, 0.15) is 29.2 Å². The summed E-state index contributed by atoms with van der Waals surface area (Å²) in [5.74, 6) is 0.724. The molecular weight excluding hydrogens is 288 g/mol. The van der Waals surface area contributed by atoms with Crippen molar-refractivity contribution in [1.29, 1.82) is 0 Å². The molecule has 1 aliphatic rings. The first-order chi connectivity index (χ1) is 10.0. The zero-order valence-electron chi connectivity index (χ0n) is 13.1. The number of aliphatic hydroxyl groups is 1. The van der Waals surface area contributed by atoms with Gasteiger partial charge in [0.05, 0.1) is 13.2 Å². The molecule has 1 saturated heterocycles. The molecule has 0 aromatic heterocycles. The number of methoxy groups -OCH3 is 1. The molecule has 5 heteroatoms. The van der Waals surface area contributed by atoms with Crippen molar-refractivity contribution < 1.29 is 9.84 Å². The van der Waals surface area contributed by atoms with Crippen molar-refractivity contribution in [3.8, 4) is 5.75 Å². The Bertz CT molecular complexity index is 488. The molecule has 0 bridgehead atoms. The number of benzene rings is 1. The van der Waals surface area contributed by atoms with Gasteiger partial charge < -0.3 is 20.1 Å². The Morgan fingerprint density at radius 1 is 1.38 bits per heavy atom. The molecule has 0 aliphatic carbocycles. The smallest absolute Gasteiger partial charge is 0.125 e. The summed E-state index contributed by atoms with van der Waals surface area (Å²) < 4.78 is 5.43. The molecule has 0 saturated carbocycles. The number of aryl methyl sites for hydroxylation is 1. The summed E-state index contributed by atoms with van der Waals surface area (Å²) in [4.78, 5) is 2.37. The number of nitrogens with zero attached hydrogens (tertiary/aromatic N) is 1. The van der Waals surface area contributed by atoms with Gasteiger partial charge in [0, 0.05) is 43.3 Å². The largest absolute Gasteiger partial charge is 0.496 e. The molecule has 0 spiro atoms. The van der Waals surface area contributed by atoms with Crippen LogP contribution in [-0.2, 0) is 0 Å². The van der Waals surface area contributed by atoms with Gasteiger partial charge in [-0.05, 0) is 37.5 Å². The number of halogens is 1. The molecule has 21 heavy (non-hydrogen) atoms. The summed E-state index contributed by atoms with van der Waals surface area (Å²) in [6.45, 7) is 8.91. The van der Waals surface area contributed by atoms with E-state index < -0.39 is 6.10 Å². The second-order valence-corrected chi connectivity index (χ2v) is 6.02. The van der Waals surface area contributed by atoms with Crippen LogP contribution in [0.5, 0.6) is 5.75 Å². The predicted molar refractivity (Wildman–Crippen MR) is 86.4 cm³/mol. The van der Waals surface area contributed by atoms with Gasteiger partial charge in [-0.2, -0.15) is 0 Å². The molecule has 0 amide bonds. The van der Waals surface area contributed by atoms with E-state index in [1.165, 1.54) is 0 Å². The number of piperazine rings is 1. The third-order valence-electron chi connectivity index (χ3n) is 4.17. The second kappa shape index (κ2) is 7.45. The van der Waals surface area contributed by atoms with Crippen LogP contribution in [0.25, 0.3) is 0 Å². The molecule has 2 N–H and O–H groups in total. The lowest BCUT2D eigenvalue weighted by Crippen LogP contribution is -2.44. The first-order valence-electron chi connectivity index (χ1n) is 7.49. The van der Waals surface area contributed by atoms with E-state index in [0.29, 0.717) is 11.4 Å². The number of aliphatic hydroxyl groups excluding tert-OH is 1. The van der Waals surface area contributed by atoms with Crippen molar-refractivity contribution in [1.82, 2.24) is 10.2 Å². The van der Waals surface area contributed by atoms with Crippen LogP contribution < -0.4 is 10.1 Å². The number of ether oxygens (including phenoxy) is 1. The third kappa shape index (κ3) is 3.89. The number of nitrogens with one attached hydrogen (secondary N) is 1. The van der Waals surface area contributed by atoms with Crippen LogP contribution in [0, 0.1) is 13.8 Å². The summed E-state index contributed by atoms with van der Waals surface area (Å²) >= 11 is 6.32. The minimum atomic E-state index is -0.548. The molecule has 4 nitrogen and oxygen atoms in total. The average Bonchev–Trinajstić information content (AvgIpc) is 2.51. The zero-order valence-corrected chi connectivity index (χ0v) is 13.8. The van der Waals surface area contributed by atoms with E-state index in [0.717, 1.165) is 55.2 Å². The van der Waals surface area contributed by atoms with Crippen molar-refractivity contribution in [2.24, 2.45) is 0 Å². The Labute approximate surface area is 132 Å². The highest BCUT2D eigenvalue weighted by Gasteiger charge is 2.21. The van der Waals surface area contributed by atoms with Crippen molar-refractivity contribution in [2.45, 2.75) is 26.4 Å². The highest BCUT2D eigenvalue weighted by Crippen LogP contribution is 2.36. The van der Waals surface area contributed by atoms with Crippen LogP contribution in [0.4, 0.5) is 0 Å². The van der Waals surface area contributed by atoms with Gasteiger partial charge in [-0.1, -0.05) is 11.6 Å². The summed E-state index contributed by atoms with van der Waals surface area (Å²) in [7, 11) is 1.63. The fraction of sp³-hybridized carbons (Fsp3) is 0.625. The van der Waals surface area contributed by atoms with E-state index in [2.05, 4.69) is 10.2 Å². The monoisotopic (exact) mass is 312 g/mol. The Morgan fingerprint density at radius 2 is 2.05 bits per heavy atom. The summed E-state index contributed by atoms with van der Waals surface area (Å²) in [5.41, 5.74) is 2.72. The van der Waals surface area contributed by atoms with Crippen molar-refractivity contribution in [3.63, 3.8) is 0 Å². The average molecular weight is 313 g/mol. The normalized spacial score (nSPS) is 17.8. The predicted octanol–water partition coefficient (Wildman–Crippen LogP) is 2.29. The van der Waals surface area contributed by atoms with Crippen LogP contribution >= 0.6 is 11.6 Å². The van der Waals surface area contributed by atoms with Gasteiger partial charge in [0.15, 0.2) is 0 Å². The van der Waals surface area contributed by atoms with E-state index in [-0.39, 0.29) is 0 Å². The third-order valence-corrected chi connectivity index (χ3v) is 4.76. The number of hydrogen-bond donors (Lipinski definition) is 2. The molecule has 1 aromatic rings. The highest BCUT2D eigenvalue weighted by atomic mass is 35.5. The second-order valence-electron chi connectivity index (χ2n) is 5.64. The quantitative estimate of drug-likeness (QED) is 0.875. The molecule has 118 valence electrons. The standard InChI is InChI=1S/C16H25ClN2O2/c1-11-10-14(21-3)15(12(2)16(11)17)13(20)4-7-19-8-5-18-6-9-19/h10,13,18,20H,4-9H2,1-3H3. The lowest BCUT2D eigenvalue weighted by atomic mass is 9.97. The van der Waals surface area contributed by atoms with Gasteiger partial charge in [0.1, 0.15) is 5.75 Å². The SMILES string of the molecule is COc1cc(C)c(Cl)c(C)c1C(O)CCN1CCNCC1. The molecule has 1 unspecified atom stereocenters. The van der Waals surface area contributed by atoms with Gasteiger partial charge in [-0.15, -0.1) is 0 Å². The van der Waals surface area contributed by atoms with Crippen LogP contribution in [0.3, 0.4) is 0 Å². The van der Waals surface area contributed by atoms with Crippen LogP contribution in [-0.4, -0.2) is 49.8 Å². The topological polar surface area (TPSA) is 44.7 Å². The fourth-order valence-electron chi connectivity index (χ4n) is 2.90. The Morgan fingerprint density at radius 3 is 2.67 bits per heavy atom. The minimum absolute atomic E-state index is 0.548. The molecular formula is C16H25ClN2O2. The van der Waals surface area contributed by atoms with Gasteiger partial charge >= 0.3 is 0 Å². The van der Waals surface area contributed by atoms with Gasteiger partial charge in [-0.25, -0.2) is 0 Å².